The van der Waals surface area contributed by atoms with Crippen molar-refractivity contribution in [3.63, 3.8) is 0 Å². The zero-order chi connectivity index (χ0) is 29.9. The average molecular weight is 813 g/mol. The molecule has 2 fully saturated rings. The van der Waals surface area contributed by atoms with Crippen molar-refractivity contribution in [3.8, 4) is 0 Å². The minimum Gasteiger partial charge on any atom is -0.414 e. The lowest BCUT2D eigenvalue weighted by Gasteiger charge is -2.41. The number of hydrogen-bond acceptors (Lipinski definition) is 4. The van der Waals surface area contributed by atoms with Crippen molar-refractivity contribution >= 4 is 61.8 Å². The molecule has 4 rings (SSSR count). The van der Waals surface area contributed by atoms with Crippen LogP contribution >= 0.6 is 45.2 Å². The predicted molar refractivity (Wildman–Crippen MR) is 189 cm³/mol. The molecule has 0 spiro atoms. The van der Waals surface area contributed by atoms with Crippen LogP contribution in [-0.2, 0) is 8.85 Å². The highest BCUT2D eigenvalue weighted by molar-refractivity contribution is 14.1. The van der Waals surface area contributed by atoms with E-state index < -0.39 is 16.6 Å². The van der Waals surface area contributed by atoms with Crippen molar-refractivity contribution in [1.29, 1.82) is 0 Å². The lowest BCUT2D eigenvalue weighted by molar-refractivity contribution is 0.115. The third kappa shape index (κ3) is 9.62. The highest BCUT2D eigenvalue weighted by atomic mass is 127. The summed E-state index contributed by atoms with van der Waals surface area (Å²) in [6.45, 7) is 23.3. The standard InChI is InChI=1S/2C15H27IN2OSi/c2*1-15(2,3)20(4,5)19-14-8-6-13(7-9-14)18-11-12(16)10-17-18/h2*10-11,13-14H,6-9H2,1-5H3. The summed E-state index contributed by atoms with van der Waals surface area (Å²) in [5.74, 6) is 0. The van der Waals surface area contributed by atoms with Crippen LogP contribution in [0.3, 0.4) is 0 Å². The Morgan fingerprint density at radius 2 is 0.925 bits per heavy atom. The van der Waals surface area contributed by atoms with Gasteiger partial charge in [0.2, 0.25) is 0 Å². The number of halogens is 2. The molecule has 0 bridgehead atoms. The molecule has 0 aromatic carbocycles. The quantitative estimate of drug-likeness (QED) is 0.215. The van der Waals surface area contributed by atoms with Gasteiger partial charge in [-0.3, -0.25) is 9.36 Å². The third-order valence-electron chi connectivity index (χ3n) is 9.71. The van der Waals surface area contributed by atoms with Crippen LogP contribution in [0.15, 0.2) is 24.8 Å². The molecule has 0 atom stereocenters. The Morgan fingerprint density at radius 1 is 0.625 bits per heavy atom. The monoisotopic (exact) mass is 812 g/mol. The van der Waals surface area contributed by atoms with E-state index in [4.69, 9.17) is 8.85 Å². The molecule has 2 heterocycles. The highest BCUT2D eigenvalue weighted by Crippen LogP contribution is 2.41. The van der Waals surface area contributed by atoms with Crippen molar-refractivity contribution in [3.05, 3.63) is 31.9 Å². The largest absolute Gasteiger partial charge is 0.414 e. The van der Waals surface area contributed by atoms with Crippen molar-refractivity contribution < 1.29 is 8.85 Å². The molecular weight excluding hydrogens is 758 g/mol. The molecule has 6 nitrogen and oxygen atoms in total. The molecule has 2 aliphatic carbocycles. The molecule has 0 N–H and O–H groups in total. The number of nitrogens with zero attached hydrogens (tertiary/aromatic N) is 4. The lowest BCUT2D eigenvalue weighted by Crippen LogP contribution is -2.44. The van der Waals surface area contributed by atoms with E-state index in [1.807, 2.05) is 12.4 Å². The number of aromatic nitrogens is 4. The normalized spacial score (nSPS) is 24.9. The van der Waals surface area contributed by atoms with E-state index in [0.717, 1.165) is 0 Å². The Bertz CT molecular complexity index is 974. The molecule has 0 aliphatic heterocycles. The molecule has 0 saturated heterocycles. The Morgan fingerprint density at radius 3 is 1.15 bits per heavy atom. The molecule has 2 aromatic rings. The van der Waals surface area contributed by atoms with Crippen molar-refractivity contribution in [1.82, 2.24) is 19.6 Å². The fourth-order valence-corrected chi connectivity index (χ4v) is 8.74. The molecular formula is C30H54I2N4O2Si2. The fourth-order valence-electron chi connectivity index (χ4n) is 5.07. The van der Waals surface area contributed by atoms with Gasteiger partial charge in [0.15, 0.2) is 16.6 Å². The van der Waals surface area contributed by atoms with Gasteiger partial charge in [0.05, 0.1) is 31.6 Å². The maximum atomic E-state index is 6.54. The van der Waals surface area contributed by atoms with Gasteiger partial charge in [-0.15, -0.1) is 0 Å². The van der Waals surface area contributed by atoms with Crippen LogP contribution in [0, 0.1) is 7.14 Å². The number of hydrogen-bond donors (Lipinski definition) is 0. The second-order valence-electron chi connectivity index (χ2n) is 14.9. The molecule has 228 valence electrons. The van der Waals surface area contributed by atoms with E-state index in [1.54, 1.807) is 0 Å². The molecule has 0 amide bonds. The van der Waals surface area contributed by atoms with Gasteiger partial charge in [0.25, 0.3) is 0 Å². The predicted octanol–water partition coefficient (Wildman–Crippen LogP) is 9.99. The van der Waals surface area contributed by atoms with Gasteiger partial charge in [-0.1, -0.05) is 41.5 Å². The van der Waals surface area contributed by atoms with Gasteiger partial charge < -0.3 is 8.85 Å². The first-order chi connectivity index (χ1) is 18.4. The SMILES string of the molecule is CC(C)(C)[Si](C)(C)OC1CCC(n2cc(I)cn2)CC1.CC(C)(C)[Si](C)(C)OC1CCC(n2cc(I)cn2)CC1. The van der Waals surface area contributed by atoms with Crippen LogP contribution in [0.5, 0.6) is 0 Å². The molecule has 2 saturated carbocycles. The van der Waals surface area contributed by atoms with Crippen LogP contribution < -0.4 is 0 Å². The molecule has 0 unspecified atom stereocenters. The number of rotatable bonds is 6. The Balaban J connectivity index is 0.000000220. The highest BCUT2D eigenvalue weighted by Gasteiger charge is 2.41. The van der Waals surface area contributed by atoms with Crippen LogP contribution in [-0.4, -0.2) is 48.4 Å². The van der Waals surface area contributed by atoms with E-state index >= 15 is 0 Å². The lowest BCUT2D eigenvalue weighted by atomic mass is 9.93. The first kappa shape index (κ1) is 34.7. The van der Waals surface area contributed by atoms with E-state index in [-0.39, 0.29) is 0 Å². The zero-order valence-electron chi connectivity index (χ0n) is 26.6. The maximum absolute atomic E-state index is 6.54. The van der Waals surface area contributed by atoms with E-state index in [9.17, 15) is 0 Å². The fraction of sp³-hybridized carbons (Fsp3) is 0.800. The van der Waals surface area contributed by atoms with Gasteiger partial charge in [-0.2, -0.15) is 10.2 Å². The van der Waals surface area contributed by atoms with Crippen LogP contribution in [0.25, 0.3) is 0 Å². The minimum absolute atomic E-state index is 0.307. The summed E-state index contributed by atoms with van der Waals surface area (Å²) < 4.78 is 19.8. The molecule has 10 heteroatoms. The molecule has 2 aliphatic rings. The molecule has 40 heavy (non-hydrogen) atoms. The summed E-state index contributed by atoms with van der Waals surface area (Å²) in [5.41, 5.74) is 0. The van der Waals surface area contributed by atoms with Gasteiger partial charge in [-0.25, -0.2) is 0 Å². The van der Waals surface area contributed by atoms with E-state index in [1.165, 1.54) is 58.5 Å². The van der Waals surface area contributed by atoms with Crippen molar-refractivity contribution in [2.24, 2.45) is 0 Å². The van der Waals surface area contributed by atoms with Crippen LogP contribution in [0.1, 0.15) is 105 Å². The third-order valence-corrected chi connectivity index (χ3v) is 19.9. The topological polar surface area (TPSA) is 54.1 Å². The summed E-state index contributed by atoms with van der Waals surface area (Å²) in [4.78, 5) is 0. The summed E-state index contributed by atoms with van der Waals surface area (Å²) >= 11 is 4.65. The second kappa shape index (κ2) is 13.9. The molecule has 2 aromatic heterocycles. The van der Waals surface area contributed by atoms with Gasteiger partial charge in [0.1, 0.15) is 0 Å². The minimum atomic E-state index is -1.61. The first-order valence-electron chi connectivity index (χ1n) is 15.1. The Labute approximate surface area is 273 Å². The second-order valence-corrected chi connectivity index (χ2v) is 26.9. The Hall–Kier alpha value is 0.234. The van der Waals surface area contributed by atoms with Gasteiger partial charge in [-0.05, 0) is 133 Å². The maximum Gasteiger partial charge on any atom is 0.192 e. The van der Waals surface area contributed by atoms with Crippen molar-refractivity contribution in [2.45, 2.75) is 153 Å². The van der Waals surface area contributed by atoms with Crippen LogP contribution in [0.2, 0.25) is 36.3 Å². The van der Waals surface area contributed by atoms with Crippen molar-refractivity contribution in [2.75, 3.05) is 0 Å². The summed E-state index contributed by atoms with van der Waals surface area (Å²) in [5, 5.41) is 9.53. The first-order valence-corrected chi connectivity index (χ1v) is 23.1. The van der Waals surface area contributed by atoms with E-state index in [2.05, 4.69) is 145 Å². The zero-order valence-corrected chi connectivity index (χ0v) is 33.0. The molecule has 0 radical (unpaired) electrons. The summed E-state index contributed by atoms with van der Waals surface area (Å²) in [6, 6.07) is 1.13. The smallest absolute Gasteiger partial charge is 0.192 e. The van der Waals surface area contributed by atoms with E-state index in [0.29, 0.717) is 34.4 Å². The average Bonchev–Trinajstić information content (AvgIpc) is 3.47. The summed E-state index contributed by atoms with van der Waals surface area (Å²) in [6.07, 6.45) is 18.6. The van der Waals surface area contributed by atoms with Gasteiger partial charge in [0, 0.05) is 24.6 Å². The Kier molecular flexibility index (Phi) is 12.1. The van der Waals surface area contributed by atoms with Gasteiger partial charge >= 0.3 is 0 Å². The summed E-state index contributed by atoms with van der Waals surface area (Å²) in [7, 11) is -3.23. The van der Waals surface area contributed by atoms with Crippen LogP contribution in [0.4, 0.5) is 0 Å².